The summed E-state index contributed by atoms with van der Waals surface area (Å²) in [6, 6.07) is 0.435. The van der Waals surface area contributed by atoms with E-state index in [9.17, 15) is 0 Å². The number of ether oxygens (including phenoxy) is 1. The maximum Gasteiger partial charge on any atom is 0.0637 e. The lowest BCUT2D eigenvalue weighted by Gasteiger charge is -2.49. The quantitative estimate of drug-likeness (QED) is 0.772. The first kappa shape index (κ1) is 14.9. The van der Waals surface area contributed by atoms with Gasteiger partial charge < -0.3 is 15.0 Å². The fraction of sp³-hybridized carbons (Fsp3) is 1.00. The Morgan fingerprint density at radius 2 is 1.94 bits per heavy atom. The second-order valence-corrected chi connectivity index (χ2v) is 5.68. The van der Waals surface area contributed by atoms with Gasteiger partial charge in [0.1, 0.15) is 0 Å². The van der Waals surface area contributed by atoms with Crippen LogP contribution in [0.15, 0.2) is 0 Å². The standard InChI is InChI=1S/C14H30N2O/c1-6-17-11-13(15-3)14(16(4)5)9-7-12(2)8-10-14/h12-13,15H,6-11H2,1-5H3. The van der Waals surface area contributed by atoms with Crippen LogP contribution in [0.25, 0.3) is 0 Å². The molecule has 1 unspecified atom stereocenters. The number of nitrogens with zero attached hydrogens (tertiary/aromatic N) is 1. The van der Waals surface area contributed by atoms with Crippen molar-refractivity contribution in [2.24, 2.45) is 5.92 Å². The molecule has 0 aromatic rings. The molecule has 1 aliphatic rings. The van der Waals surface area contributed by atoms with E-state index in [2.05, 4.69) is 45.2 Å². The second-order valence-electron chi connectivity index (χ2n) is 5.68. The third kappa shape index (κ3) is 3.43. The molecule has 0 radical (unpaired) electrons. The largest absolute Gasteiger partial charge is 0.380 e. The first-order chi connectivity index (χ1) is 8.06. The Bertz CT molecular complexity index is 210. The number of rotatable bonds is 6. The molecule has 102 valence electrons. The fourth-order valence-electron chi connectivity index (χ4n) is 3.11. The monoisotopic (exact) mass is 242 g/mol. The fourth-order valence-corrected chi connectivity index (χ4v) is 3.11. The van der Waals surface area contributed by atoms with Crippen molar-refractivity contribution in [1.82, 2.24) is 10.2 Å². The molecule has 0 aliphatic heterocycles. The maximum atomic E-state index is 5.65. The lowest BCUT2D eigenvalue weighted by molar-refractivity contribution is 0.00492. The van der Waals surface area contributed by atoms with Crippen LogP contribution in [0.3, 0.4) is 0 Å². The van der Waals surface area contributed by atoms with Crippen molar-refractivity contribution >= 4 is 0 Å². The number of hydrogen-bond donors (Lipinski definition) is 1. The minimum absolute atomic E-state index is 0.274. The van der Waals surface area contributed by atoms with Crippen molar-refractivity contribution in [2.45, 2.75) is 51.1 Å². The van der Waals surface area contributed by atoms with Gasteiger partial charge in [0.05, 0.1) is 6.61 Å². The van der Waals surface area contributed by atoms with E-state index in [1.807, 2.05) is 0 Å². The summed E-state index contributed by atoms with van der Waals surface area (Å²) < 4.78 is 5.65. The first-order valence-electron chi connectivity index (χ1n) is 6.99. The lowest BCUT2D eigenvalue weighted by atomic mass is 9.72. The third-order valence-corrected chi connectivity index (χ3v) is 4.52. The van der Waals surface area contributed by atoms with E-state index in [4.69, 9.17) is 4.74 Å². The van der Waals surface area contributed by atoms with Crippen LogP contribution in [-0.4, -0.2) is 50.8 Å². The molecule has 0 bridgehead atoms. The van der Waals surface area contributed by atoms with E-state index in [1.165, 1.54) is 25.7 Å². The molecule has 1 fully saturated rings. The summed E-state index contributed by atoms with van der Waals surface area (Å²) in [6.07, 6.45) is 5.23. The number of likely N-dealkylation sites (N-methyl/N-ethyl adjacent to an activating group) is 2. The Morgan fingerprint density at radius 3 is 2.35 bits per heavy atom. The van der Waals surface area contributed by atoms with Crippen LogP contribution in [0, 0.1) is 5.92 Å². The van der Waals surface area contributed by atoms with Crippen molar-refractivity contribution in [3.05, 3.63) is 0 Å². The number of nitrogens with one attached hydrogen (secondary N) is 1. The molecule has 3 heteroatoms. The van der Waals surface area contributed by atoms with E-state index in [-0.39, 0.29) is 5.54 Å². The highest BCUT2D eigenvalue weighted by atomic mass is 16.5. The lowest BCUT2D eigenvalue weighted by Crippen LogP contribution is -2.61. The van der Waals surface area contributed by atoms with Crippen LogP contribution in [0.2, 0.25) is 0 Å². The van der Waals surface area contributed by atoms with Crippen LogP contribution in [0.1, 0.15) is 39.5 Å². The summed E-state index contributed by atoms with van der Waals surface area (Å²) in [5, 5.41) is 3.48. The summed E-state index contributed by atoms with van der Waals surface area (Å²) in [5.41, 5.74) is 0.274. The van der Waals surface area contributed by atoms with Gasteiger partial charge in [-0.2, -0.15) is 0 Å². The van der Waals surface area contributed by atoms with Crippen LogP contribution < -0.4 is 5.32 Å². The molecule has 3 nitrogen and oxygen atoms in total. The second kappa shape index (κ2) is 6.72. The molecule has 1 aliphatic carbocycles. The average molecular weight is 242 g/mol. The van der Waals surface area contributed by atoms with Gasteiger partial charge in [-0.25, -0.2) is 0 Å². The van der Waals surface area contributed by atoms with Gasteiger partial charge in [0.25, 0.3) is 0 Å². The molecule has 17 heavy (non-hydrogen) atoms. The molecule has 0 aromatic carbocycles. The number of hydrogen-bond acceptors (Lipinski definition) is 3. The van der Waals surface area contributed by atoms with Crippen molar-refractivity contribution in [2.75, 3.05) is 34.4 Å². The third-order valence-electron chi connectivity index (χ3n) is 4.52. The van der Waals surface area contributed by atoms with Gasteiger partial charge in [-0.15, -0.1) is 0 Å². The maximum absolute atomic E-state index is 5.65. The van der Waals surface area contributed by atoms with Gasteiger partial charge in [-0.05, 0) is 59.7 Å². The molecule has 0 aromatic heterocycles. The summed E-state index contributed by atoms with van der Waals surface area (Å²) in [6.45, 7) is 6.06. The predicted octanol–water partition coefficient (Wildman–Crippen LogP) is 2.12. The van der Waals surface area contributed by atoms with E-state index in [0.29, 0.717) is 6.04 Å². The van der Waals surface area contributed by atoms with E-state index >= 15 is 0 Å². The normalized spacial score (nSPS) is 31.8. The highest BCUT2D eigenvalue weighted by molar-refractivity contribution is 5.01. The Balaban J connectivity index is 2.74. The smallest absolute Gasteiger partial charge is 0.0637 e. The van der Waals surface area contributed by atoms with Crippen LogP contribution in [0.4, 0.5) is 0 Å². The molecule has 0 amide bonds. The molecular weight excluding hydrogens is 212 g/mol. The minimum atomic E-state index is 0.274. The Kier molecular flexibility index (Phi) is 5.90. The molecule has 0 saturated heterocycles. The summed E-state index contributed by atoms with van der Waals surface area (Å²) in [4.78, 5) is 2.42. The molecule has 1 rings (SSSR count). The molecule has 1 atom stereocenters. The summed E-state index contributed by atoms with van der Waals surface area (Å²) >= 11 is 0. The first-order valence-corrected chi connectivity index (χ1v) is 6.99. The van der Waals surface area contributed by atoms with Gasteiger partial charge in [0, 0.05) is 18.2 Å². The van der Waals surface area contributed by atoms with Crippen molar-refractivity contribution < 1.29 is 4.74 Å². The predicted molar refractivity (Wildman–Crippen MR) is 73.4 cm³/mol. The van der Waals surface area contributed by atoms with Crippen molar-refractivity contribution in [3.63, 3.8) is 0 Å². The topological polar surface area (TPSA) is 24.5 Å². The highest BCUT2D eigenvalue weighted by Gasteiger charge is 2.42. The van der Waals surface area contributed by atoms with Gasteiger partial charge >= 0.3 is 0 Å². The Hall–Kier alpha value is -0.120. The molecular formula is C14H30N2O. The molecule has 1 N–H and O–H groups in total. The Morgan fingerprint density at radius 1 is 1.35 bits per heavy atom. The molecule has 0 heterocycles. The van der Waals surface area contributed by atoms with Crippen molar-refractivity contribution in [3.8, 4) is 0 Å². The highest BCUT2D eigenvalue weighted by Crippen LogP contribution is 2.37. The molecule has 1 saturated carbocycles. The zero-order chi connectivity index (χ0) is 12.9. The van der Waals surface area contributed by atoms with Gasteiger partial charge in [0.15, 0.2) is 0 Å². The van der Waals surface area contributed by atoms with E-state index in [0.717, 1.165) is 19.1 Å². The van der Waals surface area contributed by atoms with Gasteiger partial charge in [-0.1, -0.05) is 6.92 Å². The minimum Gasteiger partial charge on any atom is -0.380 e. The molecule has 0 spiro atoms. The van der Waals surface area contributed by atoms with Crippen molar-refractivity contribution in [1.29, 1.82) is 0 Å². The van der Waals surface area contributed by atoms with Crippen LogP contribution in [0.5, 0.6) is 0 Å². The average Bonchev–Trinajstić information content (AvgIpc) is 2.32. The van der Waals surface area contributed by atoms with Gasteiger partial charge in [0.2, 0.25) is 0 Å². The zero-order valence-electron chi connectivity index (χ0n) is 12.3. The van der Waals surface area contributed by atoms with Crippen LogP contribution >= 0.6 is 0 Å². The summed E-state index contributed by atoms with van der Waals surface area (Å²) in [7, 11) is 6.49. The van der Waals surface area contributed by atoms with Gasteiger partial charge in [-0.3, -0.25) is 0 Å². The zero-order valence-corrected chi connectivity index (χ0v) is 12.3. The van der Waals surface area contributed by atoms with Crippen LogP contribution in [-0.2, 0) is 4.74 Å². The van der Waals surface area contributed by atoms with E-state index in [1.54, 1.807) is 0 Å². The summed E-state index contributed by atoms with van der Waals surface area (Å²) in [5.74, 6) is 0.882. The SMILES string of the molecule is CCOCC(NC)C1(N(C)C)CCC(C)CC1. The Labute approximate surface area is 107 Å². The van der Waals surface area contributed by atoms with E-state index < -0.39 is 0 Å².